The average molecular weight is 193 g/mol. The van der Waals surface area contributed by atoms with Crippen molar-refractivity contribution in [2.24, 2.45) is 0 Å². The highest BCUT2D eigenvalue weighted by atomic mass is 16.5. The van der Waals surface area contributed by atoms with Crippen molar-refractivity contribution in [3.05, 3.63) is 0 Å². The number of hydrogen-bond donors (Lipinski definition) is 4. The minimum atomic E-state index is -2.36. The molecule has 2 unspecified atom stereocenters. The predicted molar refractivity (Wildman–Crippen MR) is 43.5 cm³/mol. The summed E-state index contributed by atoms with van der Waals surface area (Å²) in [6, 6.07) is -1.18. The molecule has 0 heterocycles. The van der Waals surface area contributed by atoms with Gasteiger partial charge in [0.1, 0.15) is 12.3 Å². The van der Waals surface area contributed by atoms with E-state index in [2.05, 4.69) is 0 Å². The molecule has 13 heavy (non-hydrogen) atoms. The first kappa shape index (κ1) is 12.3. The van der Waals surface area contributed by atoms with Crippen molar-refractivity contribution in [2.75, 3.05) is 0 Å². The topological polar surface area (TPSA) is 101 Å². The second-order valence-corrected chi connectivity index (χ2v) is 3.02. The smallest absolute Gasteiger partial charge is 0.320 e. The molecular weight excluding hydrogens is 178 g/mol. The molecule has 0 saturated heterocycles. The van der Waals surface area contributed by atoms with Crippen LogP contribution in [0.5, 0.6) is 0 Å². The van der Waals surface area contributed by atoms with Crippen molar-refractivity contribution < 1.29 is 25.2 Å². The Labute approximate surface area is 76.0 Å². The molecule has 78 valence electrons. The number of carboxylic acids is 1. The highest BCUT2D eigenvalue weighted by Gasteiger charge is 2.37. The van der Waals surface area contributed by atoms with E-state index in [0.717, 1.165) is 6.92 Å². The molecule has 0 aliphatic carbocycles. The van der Waals surface area contributed by atoms with E-state index in [1.165, 1.54) is 13.8 Å². The molecule has 0 aromatic rings. The third-order valence-corrected chi connectivity index (χ3v) is 1.67. The molecule has 0 aliphatic rings. The molecule has 6 nitrogen and oxygen atoms in total. The van der Waals surface area contributed by atoms with E-state index < -0.39 is 24.2 Å². The number of hydrogen-bond acceptors (Lipinski definition) is 5. The summed E-state index contributed by atoms with van der Waals surface area (Å²) in [5.74, 6) is -3.60. The third-order valence-electron chi connectivity index (χ3n) is 1.67. The van der Waals surface area contributed by atoms with Gasteiger partial charge in [0, 0.05) is 6.92 Å². The average Bonchev–Trinajstić information content (AvgIpc) is 1.82. The number of aliphatic carboxylic acids is 1. The Balaban J connectivity index is 4.72. The molecule has 0 radical (unpaired) electrons. The number of nitrogens with zero attached hydrogens (tertiary/aromatic N) is 1. The summed E-state index contributed by atoms with van der Waals surface area (Å²) >= 11 is 0. The SMILES string of the molecule is CC(O)N(C(C)C(=O)O)C(C)(O)O. The number of carbonyl (C=O) groups is 1. The fraction of sp³-hybridized carbons (Fsp3) is 0.857. The summed E-state index contributed by atoms with van der Waals surface area (Å²) in [7, 11) is 0. The van der Waals surface area contributed by atoms with Crippen LogP contribution >= 0.6 is 0 Å². The molecule has 0 fully saturated rings. The molecule has 0 spiro atoms. The number of rotatable bonds is 4. The van der Waals surface area contributed by atoms with Gasteiger partial charge in [-0.25, -0.2) is 4.90 Å². The lowest BCUT2D eigenvalue weighted by Gasteiger charge is -2.36. The lowest BCUT2D eigenvalue weighted by Crippen LogP contribution is -2.57. The Morgan fingerprint density at radius 2 is 1.77 bits per heavy atom. The van der Waals surface area contributed by atoms with Crippen molar-refractivity contribution in [1.82, 2.24) is 4.90 Å². The summed E-state index contributed by atoms with van der Waals surface area (Å²) in [4.78, 5) is 11.2. The molecular formula is C7H15NO5. The lowest BCUT2D eigenvalue weighted by molar-refractivity contribution is -0.293. The van der Waals surface area contributed by atoms with Crippen molar-refractivity contribution >= 4 is 5.97 Å². The highest BCUT2D eigenvalue weighted by molar-refractivity contribution is 5.72. The van der Waals surface area contributed by atoms with Gasteiger partial charge in [0.25, 0.3) is 0 Å². The fourth-order valence-electron chi connectivity index (χ4n) is 1.16. The number of carboxylic acid groups (broad SMARTS) is 1. The first-order chi connectivity index (χ1) is 5.68. The van der Waals surface area contributed by atoms with Gasteiger partial charge >= 0.3 is 5.97 Å². The maximum Gasteiger partial charge on any atom is 0.320 e. The standard InChI is InChI=1S/C7H15NO5/c1-4(6(10)11)8(5(2)9)7(3,12)13/h4-5,9,12-13H,1-3H3,(H,10,11). The largest absolute Gasteiger partial charge is 0.480 e. The van der Waals surface area contributed by atoms with E-state index in [1.807, 2.05) is 0 Å². The van der Waals surface area contributed by atoms with Crippen molar-refractivity contribution in [3.63, 3.8) is 0 Å². The van der Waals surface area contributed by atoms with E-state index in [9.17, 15) is 4.79 Å². The molecule has 0 aromatic carbocycles. The van der Waals surface area contributed by atoms with Crippen molar-refractivity contribution in [3.8, 4) is 0 Å². The summed E-state index contributed by atoms with van der Waals surface area (Å²) in [5, 5.41) is 35.9. The second kappa shape index (κ2) is 4.01. The maximum atomic E-state index is 10.5. The van der Waals surface area contributed by atoms with E-state index in [-0.39, 0.29) is 0 Å². The van der Waals surface area contributed by atoms with Crippen LogP contribution in [0.25, 0.3) is 0 Å². The molecule has 0 bridgehead atoms. The minimum Gasteiger partial charge on any atom is -0.480 e. The normalized spacial score (nSPS) is 17.2. The van der Waals surface area contributed by atoms with E-state index in [4.69, 9.17) is 20.4 Å². The summed E-state index contributed by atoms with van der Waals surface area (Å²) < 4.78 is 0. The van der Waals surface area contributed by atoms with Crippen LogP contribution < -0.4 is 0 Å². The quantitative estimate of drug-likeness (QED) is 0.416. The van der Waals surface area contributed by atoms with E-state index in [0.29, 0.717) is 4.90 Å². The van der Waals surface area contributed by atoms with Crippen LogP contribution in [-0.4, -0.2) is 49.5 Å². The monoisotopic (exact) mass is 193 g/mol. The van der Waals surface area contributed by atoms with Gasteiger partial charge in [-0.2, -0.15) is 0 Å². The molecule has 4 N–H and O–H groups in total. The predicted octanol–water partition coefficient (Wildman–Crippen LogP) is -1.24. The van der Waals surface area contributed by atoms with Crippen LogP contribution in [0.15, 0.2) is 0 Å². The Bertz CT molecular complexity index is 186. The molecule has 0 aliphatic heterocycles. The molecule has 6 heteroatoms. The van der Waals surface area contributed by atoms with Gasteiger partial charge < -0.3 is 20.4 Å². The van der Waals surface area contributed by atoms with Gasteiger partial charge in [0.05, 0.1) is 0 Å². The summed E-state index contributed by atoms with van der Waals surface area (Å²) in [6.45, 7) is 3.49. The lowest BCUT2D eigenvalue weighted by atomic mass is 10.2. The van der Waals surface area contributed by atoms with Gasteiger partial charge in [-0.15, -0.1) is 0 Å². The van der Waals surface area contributed by atoms with Gasteiger partial charge in [0.15, 0.2) is 0 Å². The summed E-state index contributed by atoms with van der Waals surface area (Å²) in [5.41, 5.74) is 0. The highest BCUT2D eigenvalue weighted by Crippen LogP contribution is 2.15. The van der Waals surface area contributed by atoms with Crippen LogP contribution in [-0.2, 0) is 4.79 Å². The Morgan fingerprint density at radius 3 is 1.85 bits per heavy atom. The fourth-order valence-corrected chi connectivity index (χ4v) is 1.16. The van der Waals surface area contributed by atoms with Crippen LogP contribution in [0.1, 0.15) is 20.8 Å². The molecule has 0 rings (SSSR count). The summed E-state index contributed by atoms with van der Waals surface area (Å²) in [6.07, 6.45) is -1.26. The van der Waals surface area contributed by atoms with Gasteiger partial charge in [-0.1, -0.05) is 0 Å². The Hall–Kier alpha value is -0.690. The van der Waals surface area contributed by atoms with Crippen LogP contribution in [0.4, 0.5) is 0 Å². The maximum absolute atomic E-state index is 10.5. The Kier molecular flexibility index (Phi) is 3.80. The van der Waals surface area contributed by atoms with E-state index in [1.54, 1.807) is 0 Å². The van der Waals surface area contributed by atoms with Crippen LogP contribution in [0, 0.1) is 0 Å². The second-order valence-electron chi connectivity index (χ2n) is 3.02. The van der Waals surface area contributed by atoms with Gasteiger partial charge in [0.2, 0.25) is 5.91 Å². The molecule has 2 atom stereocenters. The zero-order valence-electron chi connectivity index (χ0n) is 7.80. The number of aliphatic hydroxyl groups excluding tert-OH is 1. The van der Waals surface area contributed by atoms with Gasteiger partial charge in [-0.05, 0) is 13.8 Å². The number of aliphatic hydroxyl groups is 3. The molecule has 0 aromatic heterocycles. The van der Waals surface area contributed by atoms with Crippen LogP contribution in [0.2, 0.25) is 0 Å². The van der Waals surface area contributed by atoms with Gasteiger partial charge in [-0.3, -0.25) is 4.79 Å². The first-order valence-electron chi connectivity index (χ1n) is 3.82. The van der Waals surface area contributed by atoms with Crippen LogP contribution in [0.3, 0.4) is 0 Å². The molecule has 0 saturated carbocycles. The zero-order valence-corrected chi connectivity index (χ0v) is 7.80. The van der Waals surface area contributed by atoms with E-state index >= 15 is 0 Å². The third kappa shape index (κ3) is 3.27. The Morgan fingerprint density at radius 1 is 1.38 bits per heavy atom. The minimum absolute atomic E-state index is 0.662. The molecule has 0 amide bonds. The first-order valence-corrected chi connectivity index (χ1v) is 3.82. The van der Waals surface area contributed by atoms with Crippen molar-refractivity contribution in [2.45, 2.75) is 39.0 Å². The van der Waals surface area contributed by atoms with Crippen molar-refractivity contribution in [1.29, 1.82) is 0 Å². The zero-order chi connectivity index (χ0) is 10.8.